The maximum absolute atomic E-state index is 12.7. The van der Waals surface area contributed by atoms with E-state index in [4.69, 9.17) is 0 Å². The molecular weight excluding hydrogens is 404 g/mol. The van der Waals surface area contributed by atoms with Gasteiger partial charge in [0, 0.05) is 18.8 Å². The molecule has 3 rings (SSSR count). The van der Waals surface area contributed by atoms with Gasteiger partial charge in [-0.25, -0.2) is 8.42 Å². The molecule has 1 saturated heterocycles. The Morgan fingerprint density at radius 1 is 0.966 bits per heavy atom. The number of hydrogen-bond acceptors (Lipinski definition) is 4. The second-order valence-electron chi connectivity index (χ2n) is 7.18. The van der Waals surface area contributed by atoms with Gasteiger partial charge in [-0.3, -0.25) is 4.79 Å². The summed E-state index contributed by atoms with van der Waals surface area (Å²) in [5.74, 6) is 1.25. The van der Waals surface area contributed by atoms with Crippen molar-refractivity contribution < 1.29 is 13.2 Å². The first-order valence-electron chi connectivity index (χ1n) is 10.1. The standard InChI is InChI=1S/C22H28N2O3S2/c25-22(18-28-17-7-10-19-8-3-1-4-9-19)23-20-11-13-21(14-12-20)29(26,27)24-15-5-2-6-16-24/h1,3-4,8-9,11-14H,2,5-7,10,15-18H2,(H,23,25). The van der Waals surface area contributed by atoms with Crippen LogP contribution >= 0.6 is 11.8 Å². The minimum atomic E-state index is -3.43. The Morgan fingerprint density at radius 2 is 1.66 bits per heavy atom. The summed E-state index contributed by atoms with van der Waals surface area (Å²) in [7, 11) is -3.43. The van der Waals surface area contributed by atoms with Crippen molar-refractivity contribution >= 4 is 33.4 Å². The summed E-state index contributed by atoms with van der Waals surface area (Å²) in [6.45, 7) is 1.17. The number of anilines is 1. The predicted octanol–water partition coefficient (Wildman–Crippen LogP) is 4.17. The van der Waals surface area contributed by atoms with Crippen LogP contribution in [0, 0.1) is 0 Å². The molecule has 0 saturated carbocycles. The second-order valence-corrected chi connectivity index (χ2v) is 10.2. The summed E-state index contributed by atoms with van der Waals surface area (Å²) in [5.41, 5.74) is 1.94. The fourth-order valence-corrected chi connectivity index (χ4v) is 5.62. The molecule has 1 fully saturated rings. The summed E-state index contributed by atoms with van der Waals surface area (Å²) in [5, 5.41) is 2.84. The number of rotatable bonds is 9. The van der Waals surface area contributed by atoms with Crippen molar-refractivity contribution in [1.82, 2.24) is 4.31 Å². The first-order chi connectivity index (χ1) is 14.1. The molecule has 0 spiro atoms. The van der Waals surface area contributed by atoms with Crippen molar-refractivity contribution in [1.29, 1.82) is 0 Å². The van der Waals surface area contributed by atoms with Crippen molar-refractivity contribution in [3.63, 3.8) is 0 Å². The predicted molar refractivity (Wildman–Crippen MR) is 120 cm³/mol. The fourth-order valence-electron chi connectivity index (χ4n) is 3.35. The average molecular weight is 433 g/mol. The van der Waals surface area contributed by atoms with Crippen LogP contribution < -0.4 is 5.32 Å². The van der Waals surface area contributed by atoms with Gasteiger partial charge in [0.15, 0.2) is 0 Å². The summed E-state index contributed by atoms with van der Waals surface area (Å²) in [4.78, 5) is 12.4. The SMILES string of the molecule is O=C(CSCCCc1ccccc1)Nc1ccc(S(=O)(=O)N2CCCCC2)cc1. The Labute approximate surface area is 177 Å². The molecule has 1 N–H and O–H groups in total. The fraction of sp³-hybridized carbons (Fsp3) is 0.409. The number of aryl methyl sites for hydroxylation is 1. The van der Waals surface area contributed by atoms with E-state index < -0.39 is 10.0 Å². The van der Waals surface area contributed by atoms with E-state index in [9.17, 15) is 13.2 Å². The zero-order valence-corrected chi connectivity index (χ0v) is 18.2. The van der Waals surface area contributed by atoms with Gasteiger partial charge < -0.3 is 5.32 Å². The van der Waals surface area contributed by atoms with Gasteiger partial charge >= 0.3 is 0 Å². The van der Waals surface area contributed by atoms with Gasteiger partial charge in [0.2, 0.25) is 15.9 Å². The summed E-state index contributed by atoms with van der Waals surface area (Å²) >= 11 is 1.61. The highest BCUT2D eigenvalue weighted by Gasteiger charge is 2.25. The number of nitrogens with zero attached hydrogens (tertiary/aromatic N) is 1. The highest BCUT2D eigenvalue weighted by Crippen LogP contribution is 2.22. The van der Waals surface area contributed by atoms with Gasteiger partial charge in [-0.05, 0) is 61.3 Å². The Bertz CT molecular complexity index is 878. The number of sulfonamides is 1. The van der Waals surface area contributed by atoms with Crippen LogP contribution in [0.5, 0.6) is 0 Å². The third-order valence-corrected chi connectivity index (χ3v) is 7.88. The average Bonchev–Trinajstić information content (AvgIpc) is 2.75. The van der Waals surface area contributed by atoms with Gasteiger partial charge in [-0.2, -0.15) is 16.1 Å². The number of thioether (sulfide) groups is 1. The zero-order chi connectivity index (χ0) is 20.5. The first-order valence-corrected chi connectivity index (χ1v) is 12.7. The number of hydrogen-bond donors (Lipinski definition) is 1. The molecule has 5 nitrogen and oxygen atoms in total. The topological polar surface area (TPSA) is 66.5 Å². The molecule has 1 aliphatic heterocycles. The lowest BCUT2D eigenvalue weighted by molar-refractivity contribution is -0.113. The molecule has 2 aromatic rings. The number of carbonyl (C=O) groups excluding carboxylic acids is 1. The van der Waals surface area contributed by atoms with Crippen molar-refractivity contribution in [2.24, 2.45) is 0 Å². The maximum Gasteiger partial charge on any atom is 0.243 e. The lowest BCUT2D eigenvalue weighted by Crippen LogP contribution is -2.35. The van der Waals surface area contributed by atoms with Crippen molar-refractivity contribution in [3.8, 4) is 0 Å². The lowest BCUT2D eigenvalue weighted by Gasteiger charge is -2.25. The third-order valence-electron chi connectivity index (χ3n) is 4.92. The molecule has 29 heavy (non-hydrogen) atoms. The molecule has 0 atom stereocenters. The van der Waals surface area contributed by atoms with Crippen LogP contribution in [-0.4, -0.2) is 43.2 Å². The number of piperidine rings is 1. The van der Waals surface area contributed by atoms with Crippen LogP contribution in [0.2, 0.25) is 0 Å². The highest BCUT2D eigenvalue weighted by atomic mass is 32.2. The second kappa shape index (κ2) is 10.8. The highest BCUT2D eigenvalue weighted by molar-refractivity contribution is 7.99. The molecule has 7 heteroatoms. The minimum Gasteiger partial charge on any atom is -0.325 e. The Morgan fingerprint density at radius 3 is 2.34 bits per heavy atom. The van der Waals surface area contributed by atoms with Crippen LogP contribution in [0.3, 0.4) is 0 Å². The van der Waals surface area contributed by atoms with Crippen LogP contribution in [-0.2, 0) is 21.2 Å². The largest absolute Gasteiger partial charge is 0.325 e. The third kappa shape index (κ3) is 6.59. The van der Waals surface area contributed by atoms with Gasteiger partial charge in [0.1, 0.15) is 0 Å². The quantitative estimate of drug-likeness (QED) is 0.604. The summed E-state index contributed by atoms with van der Waals surface area (Å²) < 4.78 is 26.9. The molecule has 1 amide bonds. The molecule has 0 unspecified atom stereocenters. The van der Waals surface area contributed by atoms with E-state index in [1.165, 1.54) is 5.56 Å². The Hall–Kier alpha value is -1.83. The van der Waals surface area contributed by atoms with Crippen LogP contribution in [0.4, 0.5) is 5.69 Å². The number of amides is 1. The Kier molecular flexibility index (Phi) is 8.15. The van der Waals surface area contributed by atoms with Gasteiger partial charge in [0.25, 0.3) is 0 Å². The first kappa shape index (κ1) is 21.9. The summed E-state index contributed by atoms with van der Waals surface area (Å²) in [6, 6.07) is 16.8. The minimum absolute atomic E-state index is 0.0682. The normalized spacial score (nSPS) is 15.2. The van der Waals surface area contributed by atoms with Gasteiger partial charge in [-0.15, -0.1) is 0 Å². The van der Waals surface area contributed by atoms with E-state index in [0.29, 0.717) is 24.5 Å². The van der Waals surface area contributed by atoms with Gasteiger partial charge in [0.05, 0.1) is 10.6 Å². The molecule has 0 aromatic heterocycles. The smallest absolute Gasteiger partial charge is 0.243 e. The number of benzene rings is 2. The van der Waals surface area contributed by atoms with Crippen molar-refractivity contribution in [2.75, 3.05) is 29.9 Å². The summed E-state index contributed by atoms with van der Waals surface area (Å²) in [6.07, 6.45) is 4.96. The van der Waals surface area contributed by atoms with E-state index >= 15 is 0 Å². The van der Waals surface area contributed by atoms with E-state index in [2.05, 4.69) is 17.4 Å². The number of carbonyl (C=O) groups is 1. The molecule has 0 bridgehead atoms. The van der Waals surface area contributed by atoms with Crippen LogP contribution in [0.15, 0.2) is 59.5 Å². The monoisotopic (exact) mass is 432 g/mol. The lowest BCUT2D eigenvalue weighted by atomic mass is 10.1. The Balaban J connectivity index is 1.41. The molecule has 0 aliphatic carbocycles. The van der Waals surface area contributed by atoms with E-state index in [1.807, 2.05) is 18.2 Å². The molecule has 2 aromatic carbocycles. The maximum atomic E-state index is 12.7. The van der Waals surface area contributed by atoms with Crippen LogP contribution in [0.1, 0.15) is 31.2 Å². The van der Waals surface area contributed by atoms with Crippen molar-refractivity contribution in [2.45, 2.75) is 37.0 Å². The van der Waals surface area contributed by atoms with Crippen LogP contribution in [0.25, 0.3) is 0 Å². The molecule has 156 valence electrons. The van der Waals surface area contributed by atoms with E-state index in [0.717, 1.165) is 37.9 Å². The van der Waals surface area contributed by atoms with E-state index in [-0.39, 0.29) is 10.8 Å². The van der Waals surface area contributed by atoms with Crippen molar-refractivity contribution in [3.05, 3.63) is 60.2 Å². The van der Waals surface area contributed by atoms with Gasteiger partial charge in [-0.1, -0.05) is 36.8 Å². The molecule has 1 aliphatic rings. The number of nitrogens with one attached hydrogen (secondary N) is 1. The molecule has 1 heterocycles. The zero-order valence-electron chi connectivity index (χ0n) is 16.5. The molecular formula is C22H28N2O3S2. The van der Waals surface area contributed by atoms with E-state index in [1.54, 1.807) is 40.3 Å². The molecule has 0 radical (unpaired) electrons.